The van der Waals surface area contributed by atoms with Gasteiger partial charge in [-0.05, 0) is 47.5 Å². The third-order valence-corrected chi connectivity index (χ3v) is 6.14. The van der Waals surface area contributed by atoms with Crippen LogP contribution < -0.4 is 5.32 Å². The van der Waals surface area contributed by atoms with Crippen LogP contribution in [0.15, 0.2) is 48.1 Å². The summed E-state index contributed by atoms with van der Waals surface area (Å²) in [5.41, 5.74) is 0.661. The summed E-state index contributed by atoms with van der Waals surface area (Å²) in [7, 11) is -3.66. The number of piperidine rings is 1. The van der Waals surface area contributed by atoms with Gasteiger partial charge >= 0.3 is 0 Å². The molecule has 1 aliphatic heterocycles. The first kappa shape index (κ1) is 18.2. The lowest BCUT2D eigenvalue weighted by molar-refractivity contribution is -0.125. The van der Waals surface area contributed by atoms with E-state index in [-0.39, 0.29) is 23.3 Å². The average Bonchev–Trinajstić information content (AvgIpc) is 3.21. The third kappa shape index (κ3) is 3.81. The number of sulfonamides is 1. The molecule has 0 bridgehead atoms. The number of nitrogens with one attached hydrogen (secondary N) is 1. The molecular weight excluding hydrogens is 356 g/mol. The summed E-state index contributed by atoms with van der Waals surface area (Å²) < 4.78 is 28.6. The number of tetrazole rings is 1. The number of amides is 1. The van der Waals surface area contributed by atoms with Crippen molar-refractivity contribution < 1.29 is 13.2 Å². The van der Waals surface area contributed by atoms with Crippen molar-refractivity contribution in [3.05, 3.63) is 43.2 Å². The van der Waals surface area contributed by atoms with Gasteiger partial charge in [0.25, 0.3) is 0 Å². The quantitative estimate of drug-likeness (QED) is 0.729. The van der Waals surface area contributed by atoms with Crippen LogP contribution in [0.4, 0.5) is 0 Å². The number of nitrogens with zero attached hydrogens (tertiary/aromatic N) is 5. The molecule has 0 unspecified atom stereocenters. The molecule has 0 spiro atoms. The van der Waals surface area contributed by atoms with Gasteiger partial charge in [0.15, 0.2) is 0 Å². The highest BCUT2D eigenvalue weighted by Crippen LogP contribution is 2.24. The second kappa shape index (κ2) is 7.75. The van der Waals surface area contributed by atoms with Crippen molar-refractivity contribution >= 4 is 15.9 Å². The first-order valence-corrected chi connectivity index (χ1v) is 9.68. The summed E-state index contributed by atoms with van der Waals surface area (Å²) in [5.74, 6) is -0.488. The SMILES string of the molecule is C=CCNC(=O)[C@@H]1CCCN(S(=O)(=O)c2ccc(-n3cnnn3)cc2)C1. The Balaban J connectivity index is 1.74. The molecule has 0 radical (unpaired) electrons. The smallest absolute Gasteiger partial charge is 0.243 e. The van der Waals surface area contributed by atoms with E-state index in [4.69, 9.17) is 0 Å². The molecule has 0 saturated carbocycles. The first-order chi connectivity index (χ1) is 12.5. The molecule has 1 atom stereocenters. The number of carbonyl (C=O) groups is 1. The second-order valence-corrected chi connectivity index (χ2v) is 7.92. The summed E-state index contributed by atoms with van der Waals surface area (Å²) in [6.45, 7) is 4.52. The number of rotatable bonds is 6. The second-order valence-electron chi connectivity index (χ2n) is 5.98. The molecule has 1 fully saturated rings. The normalized spacial score (nSPS) is 18.4. The molecule has 1 aromatic heterocycles. The highest BCUT2D eigenvalue weighted by Gasteiger charge is 2.33. The summed E-state index contributed by atoms with van der Waals surface area (Å²) in [6.07, 6.45) is 4.35. The van der Waals surface area contributed by atoms with Gasteiger partial charge in [0, 0.05) is 19.6 Å². The zero-order valence-corrected chi connectivity index (χ0v) is 15.0. The summed E-state index contributed by atoms with van der Waals surface area (Å²) in [6, 6.07) is 6.32. The van der Waals surface area contributed by atoms with Crippen LogP contribution in [0.1, 0.15) is 12.8 Å². The molecule has 10 heteroatoms. The van der Waals surface area contributed by atoms with E-state index in [1.165, 1.54) is 27.4 Å². The molecular formula is C16H20N6O3S. The lowest BCUT2D eigenvalue weighted by Gasteiger charge is -2.31. The number of carbonyl (C=O) groups excluding carboxylic acids is 1. The Bertz CT molecular complexity index is 864. The van der Waals surface area contributed by atoms with Gasteiger partial charge in [-0.25, -0.2) is 13.1 Å². The van der Waals surface area contributed by atoms with Crippen LogP contribution >= 0.6 is 0 Å². The average molecular weight is 376 g/mol. The Hall–Kier alpha value is -2.59. The lowest BCUT2D eigenvalue weighted by atomic mass is 9.99. The summed E-state index contributed by atoms with van der Waals surface area (Å²) >= 11 is 0. The fourth-order valence-electron chi connectivity index (χ4n) is 2.89. The van der Waals surface area contributed by atoms with Crippen LogP contribution in [0, 0.1) is 5.92 Å². The van der Waals surface area contributed by atoms with E-state index >= 15 is 0 Å². The topological polar surface area (TPSA) is 110 Å². The Morgan fingerprint density at radius 2 is 2.12 bits per heavy atom. The van der Waals surface area contributed by atoms with E-state index in [1.54, 1.807) is 18.2 Å². The van der Waals surface area contributed by atoms with E-state index < -0.39 is 10.0 Å². The molecule has 138 valence electrons. The van der Waals surface area contributed by atoms with E-state index in [1.807, 2.05) is 0 Å². The maximum atomic E-state index is 12.9. The minimum Gasteiger partial charge on any atom is -0.352 e. The van der Waals surface area contributed by atoms with Crippen molar-refractivity contribution in [1.82, 2.24) is 29.8 Å². The largest absolute Gasteiger partial charge is 0.352 e. The molecule has 26 heavy (non-hydrogen) atoms. The van der Waals surface area contributed by atoms with Gasteiger partial charge in [0.2, 0.25) is 15.9 Å². The molecule has 1 aromatic carbocycles. The molecule has 1 saturated heterocycles. The van der Waals surface area contributed by atoms with E-state index in [0.29, 0.717) is 31.6 Å². The fourth-order valence-corrected chi connectivity index (χ4v) is 4.42. The molecule has 2 aromatic rings. The maximum Gasteiger partial charge on any atom is 0.243 e. The number of hydrogen-bond acceptors (Lipinski definition) is 6. The van der Waals surface area contributed by atoms with Gasteiger partial charge in [0.1, 0.15) is 6.33 Å². The van der Waals surface area contributed by atoms with Gasteiger partial charge in [-0.1, -0.05) is 6.08 Å². The predicted octanol–water partition coefficient (Wildman–Crippen LogP) is 0.365. The van der Waals surface area contributed by atoms with Crippen molar-refractivity contribution in [2.45, 2.75) is 17.7 Å². The number of aromatic nitrogens is 4. The minimum atomic E-state index is -3.66. The van der Waals surface area contributed by atoms with E-state index in [2.05, 4.69) is 27.4 Å². The summed E-state index contributed by atoms with van der Waals surface area (Å²) in [4.78, 5) is 12.3. The minimum absolute atomic E-state index is 0.140. The van der Waals surface area contributed by atoms with Crippen LogP contribution in [0.2, 0.25) is 0 Å². The molecule has 1 amide bonds. The zero-order valence-electron chi connectivity index (χ0n) is 14.2. The number of hydrogen-bond donors (Lipinski definition) is 1. The van der Waals surface area contributed by atoms with E-state index in [9.17, 15) is 13.2 Å². The van der Waals surface area contributed by atoms with Crippen LogP contribution in [0.3, 0.4) is 0 Å². The van der Waals surface area contributed by atoms with Crippen molar-refractivity contribution in [1.29, 1.82) is 0 Å². The third-order valence-electron chi connectivity index (χ3n) is 4.26. The molecule has 1 aliphatic rings. The Morgan fingerprint density at radius 1 is 1.35 bits per heavy atom. The molecule has 0 aliphatic carbocycles. The van der Waals surface area contributed by atoms with Gasteiger partial charge in [0.05, 0.1) is 16.5 Å². The Kier molecular flexibility index (Phi) is 5.43. The molecule has 9 nitrogen and oxygen atoms in total. The zero-order chi connectivity index (χ0) is 18.6. The van der Waals surface area contributed by atoms with Crippen LogP contribution in [-0.4, -0.2) is 58.5 Å². The van der Waals surface area contributed by atoms with Crippen LogP contribution in [-0.2, 0) is 14.8 Å². The molecule has 2 heterocycles. The first-order valence-electron chi connectivity index (χ1n) is 8.24. The van der Waals surface area contributed by atoms with Crippen LogP contribution in [0.25, 0.3) is 5.69 Å². The Labute approximate surface area is 151 Å². The maximum absolute atomic E-state index is 12.9. The fraction of sp³-hybridized carbons (Fsp3) is 0.375. The van der Waals surface area contributed by atoms with Crippen molar-refractivity contribution in [3.63, 3.8) is 0 Å². The monoisotopic (exact) mass is 376 g/mol. The van der Waals surface area contributed by atoms with Gasteiger partial charge in [-0.15, -0.1) is 11.7 Å². The Morgan fingerprint density at radius 3 is 2.77 bits per heavy atom. The summed E-state index contributed by atoms with van der Waals surface area (Å²) in [5, 5.41) is 13.6. The van der Waals surface area contributed by atoms with Crippen molar-refractivity contribution in [2.24, 2.45) is 5.92 Å². The van der Waals surface area contributed by atoms with Gasteiger partial charge in [-0.2, -0.15) is 4.31 Å². The van der Waals surface area contributed by atoms with Gasteiger partial charge < -0.3 is 5.32 Å². The molecule has 3 rings (SSSR count). The van der Waals surface area contributed by atoms with Crippen LogP contribution in [0.5, 0.6) is 0 Å². The highest BCUT2D eigenvalue weighted by molar-refractivity contribution is 7.89. The highest BCUT2D eigenvalue weighted by atomic mass is 32.2. The predicted molar refractivity (Wildman–Crippen MR) is 93.8 cm³/mol. The van der Waals surface area contributed by atoms with Crippen molar-refractivity contribution in [2.75, 3.05) is 19.6 Å². The standard InChI is InChI=1S/C16H20N6O3S/c1-2-9-17-16(23)13-4-3-10-21(11-13)26(24,25)15-7-5-14(6-8-15)22-12-18-19-20-22/h2,5-8,12-13H,1,3-4,9-11H2,(H,17,23)/t13-/m1/s1. The van der Waals surface area contributed by atoms with Crippen molar-refractivity contribution in [3.8, 4) is 5.69 Å². The lowest BCUT2D eigenvalue weighted by Crippen LogP contribution is -2.45. The van der Waals surface area contributed by atoms with E-state index in [0.717, 1.165) is 0 Å². The number of benzene rings is 1. The van der Waals surface area contributed by atoms with Gasteiger partial charge in [-0.3, -0.25) is 4.79 Å². The molecule has 1 N–H and O–H groups in total.